The summed E-state index contributed by atoms with van der Waals surface area (Å²) in [7, 11) is -3.91. The van der Waals surface area contributed by atoms with Crippen LogP contribution in [0, 0.1) is 0 Å². The molecule has 35 heavy (non-hydrogen) atoms. The second-order valence-electron chi connectivity index (χ2n) is 8.23. The minimum absolute atomic E-state index is 0.00558. The number of carbonyl (C=O) groups excluding carboxylic acids is 2. The van der Waals surface area contributed by atoms with Gasteiger partial charge in [0.25, 0.3) is 0 Å². The van der Waals surface area contributed by atoms with E-state index in [4.69, 9.17) is 0 Å². The Kier molecular flexibility index (Phi) is 7.74. The summed E-state index contributed by atoms with van der Waals surface area (Å²) in [5.41, 5.74) is 2.60. The number of hydrogen-bond acceptors (Lipinski definition) is 4. The summed E-state index contributed by atoms with van der Waals surface area (Å²) >= 11 is 0. The van der Waals surface area contributed by atoms with Crippen LogP contribution in [0.3, 0.4) is 0 Å². The summed E-state index contributed by atoms with van der Waals surface area (Å²) in [4.78, 5) is 26.9. The predicted molar refractivity (Wildman–Crippen MR) is 138 cm³/mol. The molecular formula is C27H27N3O4S. The molecule has 0 atom stereocenters. The molecule has 0 aromatic heterocycles. The SMILES string of the molecule is O=C(CN(Cc1ccccc1)S(=O)(=O)/C=C/c1ccccc1)Nc1ccccc1N1CCCC1=O. The Balaban J connectivity index is 1.55. The number of carbonyl (C=O) groups is 2. The van der Waals surface area contributed by atoms with Crippen molar-refractivity contribution >= 4 is 39.3 Å². The number of rotatable bonds is 9. The fourth-order valence-electron chi connectivity index (χ4n) is 3.91. The number of para-hydroxylation sites is 2. The van der Waals surface area contributed by atoms with Gasteiger partial charge in [-0.25, -0.2) is 8.42 Å². The largest absolute Gasteiger partial charge is 0.323 e. The lowest BCUT2D eigenvalue weighted by molar-refractivity contribution is -0.117. The highest BCUT2D eigenvalue weighted by Gasteiger charge is 2.26. The Morgan fingerprint density at radius 3 is 2.29 bits per heavy atom. The van der Waals surface area contributed by atoms with Crippen molar-refractivity contribution in [1.82, 2.24) is 4.31 Å². The molecule has 180 valence electrons. The van der Waals surface area contributed by atoms with E-state index < -0.39 is 15.9 Å². The van der Waals surface area contributed by atoms with Gasteiger partial charge in [-0.3, -0.25) is 9.59 Å². The highest BCUT2D eigenvalue weighted by Crippen LogP contribution is 2.29. The molecule has 3 aromatic rings. The number of benzene rings is 3. The summed E-state index contributed by atoms with van der Waals surface area (Å²) in [6.07, 6.45) is 2.75. The monoisotopic (exact) mass is 489 g/mol. The van der Waals surface area contributed by atoms with Gasteiger partial charge in [0.15, 0.2) is 0 Å². The molecular weight excluding hydrogens is 462 g/mol. The van der Waals surface area contributed by atoms with Gasteiger partial charge < -0.3 is 10.2 Å². The fourth-order valence-corrected chi connectivity index (χ4v) is 5.03. The maximum absolute atomic E-state index is 13.2. The Morgan fingerprint density at radius 1 is 0.943 bits per heavy atom. The van der Waals surface area contributed by atoms with Crippen molar-refractivity contribution in [3.05, 3.63) is 101 Å². The second-order valence-corrected chi connectivity index (χ2v) is 10.0. The van der Waals surface area contributed by atoms with Crippen LogP contribution in [0.5, 0.6) is 0 Å². The number of hydrogen-bond donors (Lipinski definition) is 1. The molecule has 0 saturated carbocycles. The van der Waals surface area contributed by atoms with Crippen molar-refractivity contribution in [2.45, 2.75) is 19.4 Å². The van der Waals surface area contributed by atoms with E-state index >= 15 is 0 Å². The zero-order chi connectivity index (χ0) is 24.7. The highest BCUT2D eigenvalue weighted by molar-refractivity contribution is 7.92. The fraction of sp³-hybridized carbons (Fsp3) is 0.185. The van der Waals surface area contributed by atoms with E-state index in [2.05, 4.69) is 5.32 Å². The van der Waals surface area contributed by atoms with E-state index in [1.807, 2.05) is 48.5 Å². The molecule has 2 amide bonds. The lowest BCUT2D eigenvalue weighted by atomic mass is 10.2. The molecule has 1 N–H and O–H groups in total. The van der Waals surface area contributed by atoms with Crippen LogP contribution >= 0.6 is 0 Å². The normalized spacial score (nSPS) is 14.1. The lowest BCUT2D eigenvalue weighted by Gasteiger charge is -2.22. The Hall–Kier alpha value is -3.75. The molecule has 1 aliphatic rings. The molecule has 7 nitrogen and oxygen atoms in total. The summed E-state index contributed by atoms with van der Waals surface area (Å²) in [6, 6.07) is 25.3. The van der Waals surface area contributed by atoms with Crippen LogP contribution in [0.15, 0.2) is 90.3 Å². The zero-order valence-corrected chi connectivity index (χ0v) is 20.0. The van der Waals surface area contributed by atoms with Gasteiger partial charge in [-0.2, -0.15) is 4.31 Å². The average molecular weight is 490 g/mol. The lowest BCUT2D eigenvalue weighted by Crippen LogP contribution is -2.37. The van der Waals surface area contributed by atoms with E-state index in [0.29, 0.717) is 24.3 Å². The number of nitrogens with one attached hydrogen (secondary N) is 1. The maximum atomic E-state index is 13.2. The number of nitrogens with zero attached hydrogens (tertiary/aromatic N) is 2. The van der Waals surface area contributed by atoms with Crippen LogP contribution in [-0.2, 0) is 26.2 Å². The van der Waals surface area contributed by atoms with Gasteiger partial charge in [0, 0.05) is 24.9 Å². The molecule has 0 bridgehead atoms. The molecule has 0 unspecified atom stereocenters. The minimum Gasteiger partial charge on any atom is -0.323 e. The maximum Gasteiger partial charge on any atom is 0.239 e. The van der Waals surface area contributed by atoms with Gasteiger partial charge >= 0.3 is 0 Å². The first-order chi connectivity index (χ1) is 16.9. The van der Waals surface area contributed by atoms with Crippen LogP contribution in [0.25, 0.3) is 6.08 Å². The Morgan fingerprint density at radius 2 is 1.60 bits per heavy atom. The molecule has 1 fully saturated rings. The zero-order valence-electron chi connectivity index (χ0n) is 19.2. The van der Waals surface area contributed by atoms with Crippen LogP contribution in [0.4, 0.5) is 11.4 Å². The Labute approximate surface area is 205 Å². The molecule has 0 spiro atoms. The van der Waals surface area contributed by atoms with Crippen molar-refractivity contribution in [1.29, 1.82) is 0 Å². The molecule has 3 aromatic carbocycles. The first kappa shape index (κ1) is 24.4. The van der Waals surface area contributed by atoms with Crippen LogP contribution in [0.2, 0.25) is 0 Å². The van der Waals surface area contributed by atoms with E-state index in [9.17, 15) is 18.0 Å². The van der Waals surface area contributed by atoms with Gasteiger partial charge in [0.05, 0.1) is 17.9 Å². The van der Waals surface area contributed by atoms with E-state index in [1.54, 1.807) is 41.3 Å². The van der Waals surface area contributed by atoms with E-state index in [0.717, 1.165) is 27.3 Å². The smallest absolute Gasteiger partial charge is 0.239 e. The van der Waals surface area contributed by atoms with Crippen molar-refractivity contribution < 1.29 is 18.0 Å². The average Bonchev–Trinajstić information content (AvgIpc) is 3.29. The summed E-state index contributed by atoms with van der Waals surface area (Å²) < 4.78 is 27.6. The number of anilines is 2. The van der Waals surface area contributed by atoms with Gasteiger partial charge in [0.1, 0.15) is 0 Å². The standard InChI is InChI=1S/C27H27N3O4S/c31-26(28-24-14-7-8-15-25(24)30-18-9-16-27(30)32)21-29(20-23-12-5-2-6-13-23)35(33,34)19-17-22-10-3-1-4-11-22/h1-8,10-15,17,19H,9,16,18,20-21H2,(H,28,31)/b19-17+. The Bertz CT molecular complexity index is 1310. The number of amides is 2. The molecule has 0 aliphatic carbocycles. The van der Waals surface area contributed by atoms with Crippen molar-refractivity contribution in [2.24, 2.45) is 0 Å². The van der Waals surface area contributed by atoms with Gasteiger partial charge in [-0.05, 0) is 35.8 Å². The van der Waals surface area contributed by atoms with Gasteiger partial charge in [-0.1, -0.05) is 72.8 Å². The summed E-state index contributed by atoms with van der Waals surface area (Å²) in [5.74, 6) is -0.484. The molecule has 8 heteroatoms. The van der Waals surface area contributed by atoms with Crippen LogP contribution in [-0.4, -0.2) is 37.6 Å². The van der Waals surface area contributed by atoms with Crippen molar-refractivity contribution in [2.75, 3.05) is 23.3 Å². The van der Waals surface area contributed by atoms with E-state index in [-0.39, 0.29) is 19.0 Å². The van der Waals surface area contributed by atoms with Crippen LogP contribution < -0.4 is 10.2 Å². The first-order valence-corrected chi connectivity index (χ1v) is 12.9. The summed E-state index contributed by atoms with van der Waals surface area (Å²) in [6.45, 7) is 0.255. The predicted octanol–water partition coefficient (Wildman–Crippen LogP) is 4.25. The third-order valence-electron chi connectivity index (χ3n) is 5.66. The first-order valence-electron chi connectivity index (χ1n) is 11.4. The number of sulfonamides is 1. The topological polar surface area (TPSA) is 86.8 Å². The quantitative estimate of drug-likeness (QED) is 0.487. The third kappa shape index (κ3) is 6.44. The second kappa shape index (κ2) is 11.1. The highest BCUT2D eigenvalue weighted by atomic mass is 32.2. The molecule has 1 saturated heterocycles. The molecule has 1 heterocycles. The molecule has 1 aliphatic heterocycles. The minimum atomic E-state index is -3.91. The van der Waals surface area contributed by atoms with Crippen molar-refractivity contribution in [3.8, 4) is 0 Å². The van der Waals surface area contributed by atoms with Crippen LogP contribution in [0.1, 0.15) is 24.0 Å². The van der Waals surface area contributed by atoms with Crippen molar-refractivity contribution in [3.63, 3.8) is 0 Å². The van der Waals surface area contributed by atoms with E-state index in [1.165, 1.54) is 6.08 Å². The molecule has 0 radical (unpaired) electrons. The summed E-state index contributed by atoms with van der Waals surface area (Å²) in [5, 5.41) is 3.93. The molecule has 4 rings (SSSR count). The third-order valence-corrected chi connectivity index (χ3v) is 7.11. The van der Waals surface area contributed by atoms with Gasteiger partial charge in [-0.15, -0.1) is 0 Å². The van der Waals surface area contributed by atoms with Gasteiger partial charge in [0.2, 0.25) is 21.8 Å².